The second-order valence-electron chi connectivity index (χ2n) is 4.57. The lowest BCUT2D eigenvalue weighted by molar-refractivity contribution is 0.122. The lowest BCUT2D eigenvalue weighted by Gasteiger charge is -2.27. The van der Waals surface area contributed by atoms with Crippen LogP contribution in [0.1, 0.15) is 0 Å². The lowest BCUT2D eigenvalue weighted by atomic mass is 10.4. The Hall–Kier alpha value is -1.16. The number of anilines is 2. The molecule has 1 fully saturated rings. The SMILES string of the molecule is CS(=O)(=O)NCCNc1cc(Cl)nc(N2CCOCC2)n1. The molecule has 1 aliphatic rings. The third kappa shape index (κ3) is 5.62. The van der Waals surface area contributed by atoms with Crippen LogP contribution in [-0.2, 0) is 14.8 Å². The van der Waals surface area contributed by atoms with Gasteiger partial charge in [0, 0.05) is 32.2 Å². The van der Waals surface area contributed by atoms with Gasteiger partial charge in [0.2, 0.25) is 16.0 Å². The summed E-state index contributed by atoms with van der Waals surface area (Å²) in [6.45, 7) is 3.38. The standard InChI is InChI=1S/C11H18ClN5O3S/c1-21(18,19)14-3-2-13-10-8-9(12)15-11(16-10)17-4-6-20-7-5-17/h8,14H,2-7H2,1H3,(H,13,15,16). The van der Waals surface area contributed by atoms with Crippen molar-refractivity contribution in [1.29, 1.82) is 0 Å². The van der Waals surface area contributed by atoms with Crippen molar-refractivity contribution in [2.45, 2.75) is 0 Å². The van der Waals surface area contributed by atoms with E-state index in [2.05, 4.69) is 20.0 Å². The first-order valence-corrected chi connectivity index (χ1v) is 8.77. The number of nitrogens with one attached hydrogen (secondary N) is 2. The molecule has 1 saturated heterocycles. The predicted molar refractivity (Wildman–Crippen MR) is 81.4 cm³/mol. The number of sulfonamides is 1. The zero-order chi connectivity index (χ0) is 15.3. The smallest absolute Gasteiger partial charge is 0.228 e. The first kappa shape index (κ1) is 16.2. The van der Waals surface area contributed by atoms with Gasteiger partial charge in [-0.05, 0) is 0 Å². The van der Waals surface area contributed by atoms with E-state index in [9.17, 15) is 8.42 Å². The van der Waals surface area contributed by atoms with E-state index in [1.807, 2.05) is 4.90 Å². The molecule has 0 amide bonds. The first-order valence-electron chi connectivity index (χ1n) is 6.50. The summed E-state index contributed by atoms with van der Waals surface area (Å²) >= 11 is 5.99. The van der Waals surface area contributed by atoms with Gasteiger partial charge >= 0.3 is 0 Å². The van der Waals surface area contributed by atoms with E-state index in [0.29, 0.717) is 36.7 Å². The summed E-state index contributed by atoms with van der Waals surface area (Å²) in [5, 5.41) is 3.36. The van der Waals surface area contributed by atoms with E-state index in [1.54, 1.807) is 6.07 Å². The molecule has 0 aromatic carbocycles. The van der Waals surface area contributed by atoms with Crippen molar-refractivity contribution in [2.75, 3.05) is 55.9 Å². The monoisotopic (exact) mass is 335 g/mol. The Morgan fingerprint density at radius 3 is 2.71 bits per heavy atom. The summed E-state index contributed by atoms with van der Waals surface area (Å²) in [5.41, 5.74) is 0. The quantitative estimate of drug-likeness (QED) is 0.554. The van der Waals surface area contributed by atoms with Gasteiger partial charge < -0.3 is 15.0 Å². The maximum absolute atomic E-state index is 11.0. The Kier molecular flexibility index (Phi) is 5.57. The van der Waals surface area contributed by atoms with Gasteiger partial charge in [-0.15, -0.1) is 0 Å². The molecule has 118 valence electrons. The van der Waals surface area contributed by atoms with Gasteiger partial charge in [-0.3, -0.25) is 0 Å². The fraction of sp³-hybridized carbons (Fsp3) is 0.636. The van der Waals surface area contributed by atoms with E-state index >= 15 is 0 Å². The van der Waals surface area contributed by atoms with Gasteiger partial charge in [0.1, 0.15) is 11.0 Å². The second-order valence-corrected chi connectivity index (χ2v) is 6.79. The van der Waals surface area contributed by atoms with Gasteiger partial charge in [0.05, 0.1) is 19.5 Å². The van der Waals surface area contributed by atoms with Crippen LogP contribution in [0.2, 0.25) is 5.15 Å². The fourth-order valence-electron chi connectivity index (χ4n) is 1.83. The van der Waals surface area contributed by atoms with Crippen molar-refractivity contribution in [3.8, 4) is 0 Å². The van der Waals surface area contributed by atoms with E-state index in [0.717, 1.165) is 19.3 Å². The zero-order valence-corrected chi connectivity index (χ0v) is 13.2. The Morgan fingerprint density at radius 1 is 1.33 bits per heavy atom. The van der Waals surface area contributed by atoms with Gasteiger partial charge in [0.25, 0.3) is 0 Å². The summed E-state index contributed by atoms with van der Waals surface area (Å²) < 4.78 is 29.6. The van der Waals surface area contributed by atoms with Gasteiger partial charge in [0.15, 0.2) is 0 Å². The number of halogens is 1. The zero-order valence-electron chi connectivity index (χ0n) is 11.7. The minimum absolute atomic E-state index is 0.271. The Morgan fingerprint density at radius 2 is 2.05 bits per heavy atom. The predicted octanol–water partition coefficient (Wildman–Crippen LogP) is -0.0723. The second kappa shape index (κ2) is 7.21. The number of aromatic nitrogens is 2. The van der Waals surface area contributed by atoms with Crippen LogP contribution in [0, 0.1) is 0 Å². The Labute approximate surface area is 128 Å². The summed E-state index contributed by atoms with van der Waals surface area (Å²) in [6, 6.07) is 1.60. The molecule has 1 aromatic heterocycles. The number of ether oxygens (including phenoxy) is 1. The average Bonchev–Trinajstić information content (AvgIpc) is 2.43. The van der Waals surface area contributed by atoms with E-state index < -0.39 is 10.0 Å². The molecule has 1 aliphatic heterocycles. The van der Waals surface area contributed by atoms with Crippen LogP contribution < -0.4 is 14.9 Å². The highest BCUT2D eigenvalue weighted by Gasteiger charge is 2.15. The number of morpholine rings is 1. The van der Waals surface area contributed by atoms with Crippen molar-refractivity contribution in [2.24, 2.45) is 0 Å². The largest absolute Gasteiger partial charge is 0.378 e. The van der Waals surface area contributed by atoms with Crippen molar-refractivity contribution in [1.82, 2.24) is 14.7 Å². The molecule has 0 unspecified atom stereocenters. The van der Waals surface area contributed by atoms with Gasteiger partial charge in [-0.25, -0.2) is 18.1 Å². The van der Waals surface area contributed by atoms with Crippen LogP contribution in [0.4, 0.5) is 11.8 Å². The fourth-order valence-corrected chi connectivity index (χ4v) is 2.48. The van der Waals surface area contributed by atoms with Crippen molar-refractivity contribution < 1.29 is 13.2 Å². The highest BCUT2D eigenvalue weighted by atomic mass is 35.5. The number of rotatable bonds is 6. The van der Waals surface area contributed by atoms with Crippen molar-refractivity contribution >= 4 is 33.4 Å². The molecule has 8 nitrogen and oxygen atoms in total. The van der Waals surface area contributed by atoms with Crippen LogP contribution >= 0.6 is 11.6 Å². The molecule has 0 aliphatic carbocycles. The van der Waals surface area contributed by atoms with E-state index in [-0.39, 0.29) is 6.54 Å². The van der Waals surface area contributed by atoms with Crippen molar-refractivity contribution in [3.63, 3.8) is 0 Å². The molecule has 0 atom stereocenters. The summed E-state index contributed by atoms with van der Waals surface area (Å²) in [7, 11) is -3.18. The number of nitrogens with zero attached hydrogens (tertiary/aromatic N) is 3. The summed E-state index contributed by atoms with van der Waals surface area (Å²) in [6.07, 6.45) is 1.12. The minimum Gasteiger partial charge on any atom is -0.378 e. The molecule has 2 rings (SSSR count). The van der Waals surface area contributed by atoms with Crippen LogP contribution in [0.5, 0.6) is 0 Å². The maximum atomic E-state index is 11.0. The molecule has 2 N–H and O–H groups in total. The van der Waals surface area contributed by atoms with Crippen LogP contribution in [0.3, 0.4) is 0 Å². The normalized spacial score (nSPS) is 16.0. The van der Waals surface area contributed by atoms with Crippen molar-refractivity contribution in [3.05, 3.63) is 11.2 Å². The summed E-state index contributed by atoms with van der Waals surface area (Å²) in [5.74, 6) is 1.11. The minimum atomic E-state index is -3.18. The Balaban J connectivity index is 1.95. The molecule has 0 radical (unpaired) electrons. The molecule has 2 heterocycles. The number of hydrogen-bond acceptors (Lipinski definition) is 7. The lowest BCUT2D eigenvalue weighted by Crippen LogP contribution is -2.37. The molecule has 10 heteroatoms. The third-order valence-corrected chi connectivity index (χ3v) is 3.69. The number of hydrogen-bond donors (Lipinski definition) is 2. The highest BCUT2D eigenvalue weighted by molar-refractivity contribution is 7.88. The highest BCUT2D eigenvalue weighted by Crippen LogP contribution is 2.18. The topological polar surface area (TPSA) is 96.5 Å². The van der Waals surface area contributed by atoms with Crippen LogP contribution in [-0.4, -0.2) is 64.0 Å². The van der Waals surface area contributed by atoms with Gasteiger partial charge in [-0.2, -0.15) is 4.98 Å². The third-order valence-electron chi connectivity index (χ3n) is 2.77. The van der Waals surface area contributed by atoms with E-state index in [1.165, 1.54) is 0 Å². The molecular formula is C11H18ClN5O3S. The average molecular weight is 336 g/mol. The molecule has 0 bridgehead atoms. The summed E-state index contributed by atoms with van der Waals surface area (Å²) in [4.78, 5) is 10.6. The van der Waals surface area contributed by atoms with Crippen LogP contribution in [0.15, 0.2) is 6.07 Å². The van der Waals surface area contributed by atoms with E-state index in [4.69, 9.17) is 16.3 Å². The first-order chi connectivity index (χ1) is 9.94. The molecule has 0 saturated carbocycles. The Bertz CT molecular complexity index is 577. The molecular weight excluding hydrogens is 318 g/mol. The van der Waals surface area contributed by atoms with Crippen LogP contribution in [0.25, 0.3) is 0 Å². The molecule has 1 aromatic rings. The van der Waals surface area contributed by atoms with Gasteiger partial charge in [-0.1, -0.05) is 11.6 Å². The maximum Gasteiger partial charge on any atom is 0.228 e. The molecule has 0 spiro atoms. The molecule has 21 heavy (non-hydrogen) atoms.